The van der Waals surface area contributed by atoms with Crippen molar-refractivity contribution in [1.29, 1.82) is 0 Å². The second-order valence-corrected chi connectivity index (χ2v) is 7.35. The van der Waals surface area contributed by atoms with Gasteiger partial charge >= 0.3 is 0 Å². The average Bonchev–Trinajstić information content (AvgIpc) is 2.73. The van der Waals surface area contributed by atoms with E-state index in [1.54, 1.807) is 0 Å². The third-order valence-corrected chi connectivity index (χ3v) is 5.55. The van der Waals surface area contributed by atoms with Crippen molar-refractivity contribution in [2.24, 2.45) is 4.99 Å². The molecule has 1 fully saturated rings. The summed E-state index contributed by atoms with van der Waals surface area (Å²) in [6, 6.07) is 10.6. The molecule has 1 aromatic rings. The maximum absolute atomic E-state index is 12.5. The van der Waals surface area contributed by atoms with Gasteiger partial charge in [-0.2, -0.15) is 0 Å². The molecule has 0 radical (unpaired) electrons. The van der Waals surface area contributed by atoms with Crippen molar-refractivity contribution < 1.29 is 9.53 Å². The van der Waals surface area contributed by atoms with Gasteiger partial charge in [-0.1, -0.05) is 30.3 Å². The van der Waals surface area contributed by atoms with Gasteiger partial charge in [0.15, 0.2) is 5.96 Å². The second-order valence-electron chi connectivity index (χ2n) is 7.35. The molecule has 156 valence electrons. The lowest BCUT2D eigenvalue weighted by atomic mass is 9.74. The Labute approximate surface area is 170 Å². The minimum absolute atomic E-state index is 0.0100. The molecule has 0 spiro atoms. The highest BCUT2D eigenvalue weighted by Gasteiger charge is 2.34. The van der Waals surface area contributed by atoms with Crippen LogP contribution in [-0.4, -0.2) is 74.7 Å². The zero-order valence-corrected chi connectivity index (χ0v) is 17.9. The fraction of sp³-hybridized carbons (Fsp3) is 0.636. The molecule has 1 N–H and O–H groups in total. The van der Waals surface area contributed by atoms with Gasteiger partial charge in [-0.25, -0.2) is 0 Å². The number of likely N-dealkylation sites (N-methyl/N-ethyl adjacent to an activating group) is 2. The zero-order valence-electron chi connectivity index (χ0n) is 17.9. The lowest BCUT2D eigenvalue weighted by molar-refractivity contribution is -0.131. The third-order valence-electron chi connectivity index (χ3n) is 5.55. The molecule has 0 bridgehead atoms. The van der Waals surface area contributed by atoms with Crippen LogP contribution < -0.4 is 5.32 Å². The van der Waals surface area contributed by atoms with Crippen LogP contribution in [0.1, 0.15) is 39.2 Å². The number of guanidine groups is 1. The largest absolute Gasteiger partial charge is 0.381 e. The van der Waals surface area contributed by atoms with E-state index in [0.717, 1.165) is 51.6 Å². The predicted octanol–water partition coefficient (Wildman–Crippen LogP) is 2.50. The summed E-state index contributed by atoms with van der Waals surface area (Å²) in [5.74, 6) is 0.909. The maximum Gasteiger partial charge on any atom is 0.242 e. The lowest BCUT2D eigenvalue weighted by Crippen LogP contribution is -2.46. The predicted molar refractivity (Wildman–Crippen MR) is 115 cm³/mol. The minimum Gasteiger partial charge on any atom is -0.381 e. The summed E-state index contributed by atoms with van der Waals surface area (Å²) in [6.07, 6.45) is 1.92. The monoisotopic (exact) mass is 388 g/mol. The number of rotatable bonds is 8. The molecular formula is C22H36N4O2. The van der Waals surface area contributed by atoms with Crippen molar-refractivity contribution in [1.82, 2.24) is 15.1 Å². The fourth-order valence-corrected chi connectivity index (χ4v) is 3.74. The van der Waals surface area contributed by atoms with Gasteiger partial charge < -0.3 is 19.9 Å². The highest BCUT2D eigenvalue weighted by molar-refractivity contribution is 5.86. The first-order valence-corrected chi connectivity index (χ1v) is 10.5. The molecule has 0 saturated carbocycles. The summed E-state index contributed by atoms with van der Waals surface area (Å²) < 4.78 is 5.63. The highest BCUT2D eigenvalue weighted by atomic mass is 16.5. The molecule has 2 rings (SSSR count). The molecule has 0 aliphatic carbocycles. The van der Waals surface area contributed by atoms with Crippen LogP contribution in [0, 0.1) is 0 Å². The number of ether oxygens (including phenoxy) is 1. The molecule has 1 aliphatic rings. The van der Waals surface area contributed by atoms with Gasteiger partial charge in [0, 0.05) is 45.3 Å². The van der Waals surface area contributed by atoms with Gasteiger partial charge in [0.2, 0.25) is 5.91 Å². The molecule has 0 unspecified atom stereocenters. The summed E-state index contributed by atoms with van der Waals surface area (Å²) in [5, 5.41) is 3.34. The number of nitrogens with one attached hydrogen (secondary N) is 1. The van der Waals surface area contributed by atoms with Crippen molar-refractivity contribution in [3.63, 3.8) is 0 Å². The van der Waals surface area contributed by atoms with Gasteiger partial charge in [-0.3, -0.25) is 9.79 Å². The van der Waals surface area contributed by atoms with E-state index >= 15 is 0 Å². The zero-order chi connectivity index (χ0) is 20.4. The van der Waals surface area contributed by atoms with E-state index in [1.807, 2.05) is 30.7 Å². The van der Waals surface area contributed by atoms with Gasteiger partial charge in [0.25, 0.3) is 0 Å². The Balaban J connectivity index is 2.17. The number of hydrogen-bond donors (Lipinski definition) is 1. The number of benzene rings is 1. The summed E-state index contributed by atoms with van der Waals surface area (Å²) in [6.45, 7) is 10.8. The Hall–Kier alpha value is -2.08. The summed E-state index contributed by atoms with van der Waals surface area (Å²) >= 11 is 0. The number of carbonyl (C=O) groups is 1. The molecule has 1 aromatic carbocycles. The molecule has 0 aromatic heterocycles. The second kappa shape index (κ2) is 11.1. The SMILES string of the molecule is CCNC(=NCC1(c2ccccc2)CCOCC1)N(C)CC(=O)N(CC)CC. The molecule has 0 atom stereocenters. The standard InChI is InChI=1S/C22H36N4O2/c1-5-23-21(25(4)17-20(27)26(6-2)7-3)24-18-22(13-15-28-16-14-22)19-11-9-8-10-12-19/h8-12H,5-7,13-18H2,1-4H3,(H,23,24). The smallest absolute Gasteiger partial charge is 0.242 e. The average molecular weight is 389 g/mol. The van der Waals surface area contributed by atoms with Crippen LogP contribution in [-0.2, 0) is 14.9 Å². The molecule has 6 nitrogen and oxygen atoms in total. The van der Waals surface area contributed by atoms with Crippen LogP contribution in [0.4, 0.5) is 0 Å². The van der Waals surface area contributed by atoms with Crippen molar-refractivity contribution in [3.05, 3.63) is 35.9 Å². The fourth-order valence-electron chi connectivity index (χ4n) is 3.74. The molecule has 1 heterocycles. The molecular weight excluding hydrogens is 352 g/mol. The Bertz CT molecular complexity index is 623. The van der Waals surface area contributed by atoms with Crippen LogP contribution in [0.2, 0.25) is 0 Å². The Morgan fingerprint density at radius 2 is 1.79 bits per heavy atom. The van der Waals surface area contributed by atoms with E-state index in [1.165, 1.54) is 5.56 Å². The van der Waals surface area contributed by atoms with E-state index < -0.39 is 0 Å². The van der Waals surface area contributed by atoms with E-state index in [9.17, 15) is 4.79 Å². The van der Waals surface area contributed by atoms with Crippen molar-refractivity contribution in [2.75, 3.05) is 53.0 Å². The van der Waals surface area contributed by atoms with Crippen LogP contribution in [0.5, 0.6) is 0 Å². The van der Waals surface area contributed by atoms with Crippen LogP contribution in [0.15, 0.2) is 35.3 Å². The van der Waals surface area contributed by atoms with Crippen LogP contribution >= 0.6 is 0 Å². The quantitative estimate of drug-likeness (QED) is 0.549. The summed E-state index contributed by atoms with van der Waals surface area (Å²) in [5.41, 5.74) is 1.31. The van der Waals surface area contributed by atoms with Gasteiger partial charge in [0.1, 0.15) is 0 Å². The molecule has 1 saturated heterocycles. The first kappa shape index (κ1) is 22.2. The molecule has 6 heteroatoms. The van der Waals surface area contributed by atoms with Crippen molar-refractivity contribution >= 4 is 11.9 Å². The van der Waals surface area contributed by atoms with E-state index in [2.05, 4.69) is 42.6 Å². The van der Waals surface area contributed by atoms with E-state index in [-0.39, 0.29) is 11.3 Å². The number of aliphatic imine (C=N–C) groups is 1. The lowest BCUT2D eigenvalue weighted by Gasteiger charge is -2.37. The van der Waals surface area contributed by atoms with E-state index in [0.29, 0.717) is 13.1 Å². The van der Waals surface area contributed by atoms with Crippen LogP contribution in [0.25, 0.3) is 0 Å². The summed E-state index contributed by atoms with van der Waals surface area (Å²) in [7, 11) is 1.93. The van der Waals surface area contributed by atoms with E-state index in [4.69, 9.17) is 9.73 Å². The molecule has 1 aliphatic heterocycles. The maximum atomic E-state index is 12.5. The topological polar surface area (TPSA) is 57.2 Å². The number of hydrogen-bond acceptors (Lipinski definition) is 3. The third kappa shape index (κ3) is 5.71. The Kier molecular flexibility index (Phi) is 8.77. The Morgan fingerprint density at radius 3 is 2.36 bits per heavy atom. The first-order chi connectivity index (χ1) is 13.6. The minimum atomic E-state index is -0.0100. The van der Waals surface area contributed by atoms with Crippen molar-refractivity contribution in [3.8, 4) is 0 Å². The first-order valence-electron chi connectivity index (χ1n) is 10.5. The molecule has 1 amide bonds. The Morgan fingerprint density at radius 1 is 1.14 bits per heavy atom. The molecule has 28 heavy (non-hydrogen) atoms. The number of amides is 1. The number of nitrogens with zero attached hydrogens (tertiary/aromatic N) is 3. The van der Waals surface area contributed by atoms with Gasteiger partial charge in [-0.05, 0) is 39.2 Å². The normalized spacial score (nSPS) is 16.5. The van der Waals surface area contributed by atoms with Gasteiger partial charge in [-0.15, -0.1) is 0 Å². The van der Waals surface area contributed by atoms with Crippen molar-refractivity contribution in [2.45, 2.75) is 39.0 Å². The highest BCUT2D eigenvalue weighted by Crippen LogP contribution is 2.35. The van der Waals surface area contributed by atoms with Gasteiger partial charge in [0.05, 0.1) is 13.1 Å². The number of carbonyl (C=O) groups excluding carboxylic acids is 1. The summed E-state index contributed by atoms with van der Waals surface area (Å²) in [4.78, 5) is 21.2. The van der Waals surface area contributed by atoms with Crippen LogP contribution in [0.3, 0.4) is 0 Å².